The molecule has 170 valence electrons. The third-order valence-corrected chi connectivity index (χ3v) is 5.17. The van der Waals surface area contributed by atoms with Crippen LogP contribution in [0.15, 0.2) is 90.2 Å². The zero-order valence-electron chi connectivity index (χ0n) is 19.0. The number of nitrogens with zero attached hydrogens (tertiary/aromatic N) is 3. The second-order valence-corrected chi connectivity index (χ2v) is 7.92. The zero-order valence-corrected chi connectivity index (χ0v) is 19.0. The van der Waals surface area contributed by atoms with Gasteiger partial charge in [0.2, 0.25) is 0 Å². The normalized spacial score (nSPS) is 10.9. The second-order valence-electron chi connectivity index (χ2n) is 7.92. The highest BCUT2D eigenvalue weighted by molar-refractivity contribution is 5.96. The van der Waals surface area contributed by atoms with Crippen LogP contribution in [-0.2, 0) is 4.79 Å². The van der Waals surface area contributed by atoms with Gasteiger partial charge in [0.15, 0.2) is 0 Å². The fourth-order valence-electron chi connectivity index (χ4n) is 3.39. The van der Waals surface area contributed by atoms with Gasteiger partial charge in [0.25, 0.3) is 11.8 Å². The highest BCUT2D eigenvalue weighted by atomic mass is 16.2. The van der Waals surface area contributed by atoms with E-state index in [-0.39, 0.29) is 12.5 Å². The lowest BCUT2D eigenvalue weighted by molar-refractivity contribution is -0.120. The van der Waals surface area contributed by atoms with E-state index in [1.807, 2.05) is 86.8 Å². The van der Waals surface area contributed by atoms with Crippen molar-refractivity contribution in [3.8, 4) is 16.9 Å². The molecule has 4 rings (SSSR count). The number of aromatic nitrogens is 2. The predicted octanol–water partition coefficient (Wildman–Crippen LogP) is 4.04. The van der Waals surface area contributed by atoms with Gasteiger partial charge in [-0.2, -0.15) is 10.2 Å². The van der Waals surface area contributed by atoms with Gasteiger partial charge in [-0.15, -0.1) is 0 Å². The lowest BCUT2D eigenvalue weighted by Crippen LogP contribution is -2.34. The summed E-state index contributed by atoms with van der Waals surface area (Å²) in [6.45, 7) is 3.79. The summed E-state index contributed by atoms with van der Waals surface area (Å²) in [4.78, 5) is 24.4. The highest BCUT2D eigenvalue weighted by Gasteiger charge is 2.12. The second kappa shape index (κ2) is 10.4. The number of para-hydroxylation sites is 1. The Kier molecular flexibility index (Phi) is 6.93. The number of aryl methyl sites for hydroxylation is 2. The number of rotatable bonds is 7. The number of hydrogen-bond acceptors (Lipinski definition) is 4. The number of hydrogen-bond donors (Lipinski definition) is 2. The molecule has 0 aliphatic heterocycles. The fourth-order valence-corrected chi connectivity index (χ4v) is 3.39. The van der Waals surface area contributed by atoms with E-state index in [2.05, 4.69) is 15.8 Å². The number of nitrogens with one attached hydrogen (secondary N) is 2. The molecule has 34 heavy (non-hydrogen) atoms. The number of benzene rings is 3. The molecule has 4 aromatic rings. The Labute approximate surface area is 198 Å². The van der Waals surface area contributed by atoms with Crippen LogP contribution in [0.25, 0.3) is 16.9 Å². The van der Waals surface area contributed by atoms with Crippen molar-refractivity contribution in [3.63, 3.8) is 0 Å². The molecule has 7 heteroatoms. The van der Waals surface area contributed by atoms with Crippen LogP contribution in [0.5, 0.6) is 0 Å². The van der Waals surface area contributed by atoms with Crippen LogP contribution in [0.1, 0.15) is 27.0 Å². The van der Waals surface area contributed by atoms with E-state index in [4.69, 9.17) is 5.10 Å². The van der Waals surface area contributed by atoms with Crippen LogP contribution < -0.4 is 10.7 Å². The van der Waals surface area contributed by atoms with Gasteiger partial charge in [0.05, 0.1) is 18.4 Å². The first-order valence-corrected chi connectivity index (χ1v) is 10.9. The number of carbonyl (C=O) groups is 2. The van der Waals surface area contributed by atoms with Crippen LogP contribution in [0, 0.1) is 13.8 Å². The van der Waals surface area contributed by atoms with Crippen molar-refractivity contribution in [3.05, 3.63) is 107 Å². The van der Waals surface area contributed by atoms with Gasteiger partial charge in [-0.05, 0) is 44.2 Å². The summed E-state index contributed by atoms with van der Waals surface area (Å²) in [5, 5.41) is 11.4. The first kappa shape index (κ1) is 22.7. The Morgan fingerprint density at radius 2 is 1.71 bits per heavy atom. The molecule has 0 aliphatic rings. The summed E-state index contributed by atoms with van der Waals surface area (Å²) in [6.07, 6.45) is 3.42. The van der Waals surface area contributed by atoms with Gasteiger partial charge in [-0.25, -0.2) is 10.1 Å². The Morgan fingerprint density at radius 3 is 2.44 bits per heavy atom. The first-order valence-electron chi connectivity index (χ1n) is 10.9. The van der Waals surface area contributed by atoms with E-state index in [0.717, 1.165) is 33.6 Å². The Morgan fingerprint density at radius 1 is 0.941 bits per heavy atom. The van der Waals surface area contributed by atoms with Gasteiger partial charge >= 0.3 is 0 Å². The average molecular weight is 452 g/mol. The molecule has 0 radical (unpaired) electrons. The van der Waals surface area contributed by atoms with E-state index >= 15 is 0 Å². The van der Waals surface area contributed by atoms with Crippen LogP contribution in [0.4, 0.5) is 0 Å². The maximum atomic E-state index is 12.2. The molecule has 3 aromatic carbocycles. The fraction of sp³-hybridized carbons (Fsp3) is 0.111. The van der Waals surface area contributed by atoms with Crippen LogP contribution in [-0.4, -0.2) is 34.4 Å². The van der Waals surface area contributed by atoms with Gasteiger partial charge in [-0.3, -0.25) is 9.59 Å². The van der Waals surface area contributed by atoms with Gasteiger partial charge in [0.1, 0.15) is 5.69 Å². The van der Waals surface area contributed by atoms with Crippen molar-refractivity contribution in [2.75, 3.05) is 6.54 Å². The van der Waals surface area contributed by atoms with Crippen molar-refractivity contribution in [2.24, 2.45) is 5.10 Å². The molecule has 0 aliphatic carbocycles. The Balaban J connectivity index is 1.46. The van der Waals surface area contributed by atoms with Gasteiger partial charge in [-0.1, -0.05) is 59.7 Å². The van der Waals surface area contributed by atoms with E-state index in [9.17, 15) is 9.59 Å². The average Bonchev–Trinajstić information content (AvgIpc) is 3.28. The molecule has 0 bridgehead atoms. The van der Waals surface area contributed by atoms with Crippen molar-refractivity contribution >= 4 is 18.0 Å². The Bertz CT molecular complexity index is 1320. The van der Waals surface area contributed by atoms with E-state index in [1.165, 1.54) is 0 Å². The van der Waals surface area contributed by atoms with Crippen molar-refractivity contribution in [2.45, 2.75) is 13.8 Å². The standard InChI is InChI=1S/C27H25N5O2/c1-19-11-13-21(14-12-19)27(34)28-17-25(33)30-29-16-23-18-32(24-9-4-3-5-10-24)31-26(23)22-8-6-7-20(2)15-22/h3-16,18H,17H2,1-2H3,(H,28,34)(H,30,33). The van der Waals surface area contributed by atoms with Crippen molar-refractivity contribution in [1.29, 1.82) is 0 Å². The largest absolute Gasteiger partial charge is 0.343 e. The molecule has 0 saturated carbocycles. The molecule has 0 spiro atoms. The Hall–Kier alpha value is -4.52. The summed E-state index contributed by atoms with van der Waals surface area (Å²) in [5.74, 6) is -0.741. The summed E-state index contributed by atoms with van der Waals surface area (Å²) in [7, 11) is 0. The summed E-state index contributed by atoms with van der Waals surface area (Å²) in [5.41, 5.74) is 8.50. The highest BCUT2D eigenvalue weighted by Crippen LogP contribution is 2.23. The molecule has 1 aromatic heterocycles. The molecule has 7 nitrogen and oxygen atoms in total. The minimum atomic E-state index is -0.427. The van der Waals surface area contributed by atoms with Crippen molar-refractivity contribution in [1.82, 2.24) is 20.5 Å². The maximum absolute atomic E-state index is 12.2. The lowest BCUT2D eigenvalue weighted by atomic mass is 10.1. The third kappa shape index (κ3) is 5.63. The molecule has 1 heterocycles. The molecule has 0 atom stereocenters. The number of amides is 2. The number of hydrazone groups is 1. The maximum Gasteiger partial charge on any atom is 0.259 e. The zero-order chi connectivity index (χ0) is 23.9. The lowest BCUT2D eigenvalue weighted by Gasteiger charge is -2.04. The van der Waals surface area contributed by atoms with E-state index < -0.39 is 5.91 Å². The minimum Gasteiger partial charge on any atom is -0.343 e. The molecule has 0 unspecified atom stereocenters. The number of carbonyl (C=O) groups excluding carboxylic acids is 2. The van der Waals surface area contributed by atoms with Crippen LogP contribution in [0.2, 0.25) is 0 Å². The summed E-state index contributed by atoms with van der Waals surface area (Å²) >= 11 is 0. The van der Waals surface area contributed by atoms with E-state index in [0.29, 0.717) is 5.56 Å². The summed E-state index contributed by atoms with van der Waals surface area (Å²) in [6, 6.07) is 24.9. The predicted molar refractivity (Wildman–Crippen MR) is 133 cm³/mol. The minimum absolute atomic E-state index is 0.182. The van der Waals surface area contributed by atoms with Gasteiger partial charge < -0.3 is 5.32 Å². The summed E-state index contributed by atoms with van der Waals surface area (Å²) < 4.78 is 1.78. The molecule has 0 fully saturated rings. The van der Waals surface area contributed by atoms with Crippen LogP contribution >= 0.6 is 0 Å². The molecule has 0 saturated heterocycles. The first-order chi connectivity index (χ1) is 16.5. The quantitative estimate of drug-likeness (QED) is 0.328. The van der Waals surface area contributed by atoms with Crippen molar-refractivity contribution < 1.29 is 9.59 Å². The van der Waals surface area contributed by atoms with Crippen LogP contribution in [0.3, 0.4) is 0 Å². The van der Waals surface area contributed by atoms with Gasteiger partial charge in [0, 0.05) is 22.9 Å². The topological polar surface area (TPSA) is 88.4 Å². The SMILES string of the molecule is Cc1ccc(C(=O)NCC(=O)NN=Cc2cn(-c3ccccc3)nc2-c2cccc(C)c2)cc1. The molecule has 2 N–H and O–H groups in total. The monoisotopic (exact) mass is 451 g/mol. The third-order valence-electron chi connectivity index (χ3n) is 5.17. The molecular formula is C27H25N5O2. The molecule has 2 amide bonds. The smallest absolute Gasteiger partial charge is 0.259 e. The molecular weight excluding hydrogens is 426 g/mol. The van der Waals surface area contributed by atoms with E-state index in [1.54, 1.807) is 23.0 Å².